The molecule has 0 bridgehead atoms. The lowest BCUT2D eigenvalue weighted by Crippen LogP contribution is -1.92. The number of hydrogen-bond acceptors (Lipinski definition) is 2. The molecule has 0 saturated heterocycles. The zero-order chi connectivity index (χ0) is 15.2. The van der Waals surface area contributed by atoms with Crippen LogP contribution in [0.5, 0.6) is 5.75 Å². The molecule has 3 aromatic rings. The monoisotopic (exact) mass is 287 g/mol. The molecule has 0 heterocycles. The van der Waals surface area contributed by atoms with Crippen molar-refractivity contribution in [2.75, 3.05) is 6.61 Å². The smallest absolute Gasteiger partial charge is 0.119 e. The molecule has 0 saturated carbocycles. The minimum Gasteiger partial charge on any atom is -0.490 e. The van der Waals surface area contributed by atoms with E-state index in [1.54, 1.807) is 0 Å². The highest BCUT2D eigenvalue weighted by molar-refractivity contribution is 6.02. The van der Waals surface area contributed by atoms with E-state index in [0.717, 1.165) is 27.6 Å². The van der Waals surface area contributed by atoms with Crippen LogP contribution < -0.4 is 4.74 Å². The summed E-state index contributed by atoms with van der Waals surface area (Å²) in [4.78, 5) is 0. The van der Waals surface area contributed by atoms with E-state index in [1.807, 2.05) is 66.7 Å². The molecule has 0 spiro atoms. The summed E-state index contributed by atoms with van der Waals surface area (Å²) in [5.41, 5.74) is 2.08. The Kier molecular flexibility index (Phi) is 4.30. The second kappa shape index (κ2) is 6.72. The van der Waals surface area contributed by atoms with E-state index in [9.17, 15) is 0 Å². The molecule has 2 nitrogen and oxygen atoms in total. The molecule has 1 N–H and O–H groups in total. The molecule has 3 rings (SSSR count). The highest BCUT2D eigenvalue weighted by Gasteiger charge is 2.01. The minimum atomic E-state index is 0.532. The van der Waals surface area contributed by atoms with Gasteiger partial charge in [-0.05, 0) is 40.1 Å². The van der Waals surface area contributed by atoms with Gasteiger partial charge in [-0.15, -0.1) is 0 Å². The fourth-order valence-electron chi connectivity index (χ4n) is 2.45. The molecule has 0 aliphatic rings. The highest BCUT2D eigenvalue weighted by Crippen LogP contribution is 2.23. The standard InChI is InChI=1S/C20H17NO/c21-15-17-13-12-16(19-10-4-5-11-20(17)19)7-6-14-22-18-8-2-1-3-9-18/h1-13,15,21H,14H2/b7-6+,21-15?. The second-order valence-corrected chi connectivity index (χ2v) is 4.96. The first-order valence-corrected chi connectivity index (χ1v) is 7.25. The van der Waals surface area contributed by atoms with Crippen molar-refractivity contribution in [2.45, 2.75) is 0 Å². The molecule has 0 aromatic heterocycles. The first-order valence-electron chi connectivity index (χ1n) is 7.25. The maximum atomic E-state index is 7.50. The Bertz CT molecular complexity index is 806. The summed E-state index contributed by atoms with van der Waals surface area (Å²) < 4.78 is 5.66. The van der Waals surface area contributed by atoms with Gasteiger partial charge in [-0.25, -0.2) is 0 Å². The SMILES string of the molecule is N=Cc1ccc(/C=C/COc2ccccc2)c2ccccc12. The number of ether oxygens (including phenoxy) is 1. The van der Waals surface area contributed by atoms with Crippen molar-refractivity contribution >= 4 is 23.1 Å². The Balaban J connectivity index is 1.79. The van der Waals surface area contributed by atoms with E-state index < -0.39 is 0 Å². The summed E-state index contributed by atoms with van der Waals surface area (Å²) >= 11 is 0. The Morgan fingerprint density at radius 2 is 1.41 bits per heavy atom. The number of benzene rings is 3. The van der Waals surface area contributed by atoms with Crippen molar-refractivity contribution < 1.29 is 4.74 Å². The summed E-state index contributed by atoms with van der Waals surface area (Å²) in [6, 6.07) is 22.0. The third-order valence-electron chi connectivity index (χ3n) is 3.53. The Morgan fingerprint density at radius 3 is 2.14 bits per heavy atom. The first-order chi connectivity index (χ1) is 10.9. The molecule has 0 unspecified atom stereocenters. The lowest BCUT2D eigenvalue weighted by molar-refractivity contribution is 0.363. The van der Waals surface area contributed by atoms with Crippen LogP contribution >= 0.6 is 0 Å². The van der Waals surface area contributed by atoms with Gasteiger partial charge in [0.25, 0.3) is 0 Å². The minimum absolute atomic E-state index is 0.532. The van der Waals surface area contributed by atoms with Gasteiger partial charge in [-0.2, -0.15) is 0 Å². The predicted molar refractivity (Wildman–Crippen MR) is 92.8 cm³/mol. The summed E-state index contributed by atoms with van der Waals surface area (Å²) in [5, 5.41) is 9.75. The fourth-order valence-corrected chi connectivity index (χ4v) is 2.45. The topological polar surface area (TPSA) is 33.1 Å². The zero-order valence-corrected chi connectivity index (χ0v) is 12.2. The third kappa shape index (κ3) is 3.07. The highest BCUT2D eigenvalue weighted by atomic mass is 16.5. The van der Waals surface area contributed by atoms with Crippen LogP contribution in [0.15, 0.2) is 72.8 Å². The summed E-state index contributed by atoms with van der Waals surface area (Å²) in [5.74, 6) is 0.871. The number of fused-ring (bicyclic) bond motifs is 1. The van der Waals surface area contributed by atoms with Crippen LogP contribution in [0.1, 0.15) is 11.1 Å². The van der Waals surface area contributed by atoms with Gasteiger partial charge in [0.2, 0.25) is 0 Å². The molecule has 0 amide bonds. The summed E-state index contributed by atoms with van der Waals surface area (Å²) in [6.07, 6.45) is 5.48. The van der Waals surface area contributed by atoms with Gasteiger partial charge < -0.3 is 10.1 Å². The molecule has 0 fully saturated rings. The van der Waals surface area contributed by atoms with E-state index in [1.165, 1.54) is 6.21 Å². The normalized spacial score (nSPS) is 10.9. The quantitative estimate of drug-likeness (QED) is 0.663. The van der Waals surface area contributed by atoms with Crippen LogP contribution in [0.4, 0.5) is 0 Å². The first kappa shape index (κ1) is 14.1. The average molecular weight is 287 g/mol. The van der Waals surface area contributed by atoms with Crippen LogP contribution in [0.25, 0.3) is 16.8 Å². The van der Waals surface area contributed by atoms with Crippen molar-refractivity contribution in [2.24, 2.45) is 0 Å². The summed E-state index contributed by atoms with van der Waals surface area (Å²) in [6.45, 7) is 0.532. The number of rotatable bonds is 5. The predicted octanol–water partition coefficient (Wildman–Crippen LogP) is 4.93. The molecule has 2 heteroatoms. The third-order valence-corrected chi connectivity index (χ3v) is 3.53. The molecular weight excluding hydrogens is 270 g/mol. The van der Waals surface area contributed by atoms with E-state index in [0.29, 0.717) is 6.61 Å². The van der Waals surface area contributed by atoms with Crippen LogP contribution in [-0.2, 0) is 0 Å². The van der Waals surface area contributed by atoms with Crippen molar-refractivity contribution in [1.82, 2.24) is 0 Å². The van der Waals surface area contributed by atoms with E-state index in [-0.39, 0.29) is 0 Å². The maximum Gasteiger partial charge on any atom is 0.119 e. The van der Waals surface area contributed by atoms with E-state index in [2.05, 4.69) is 12.1 Å². The van der Waals surface area contributed by atoms with Gasteiger partial charge >= 0.3 is 0 Å². The van der Waals surface area contributed by atoms with Gasteiger partial charge in [-0.1, -0.05) is 60.7 Å². The number of para-hydroxylation sites is 1. The number of hydrogen-bond donors (Lipinski definition) is 1. The Morgan fingerprint density at radius 1 is 0.773 bits per heavy atom. The fraction of sp³-hybridized carbons (Fsp3) is 0.0500. The van der Waals surface area contributed by atoms with Crippen LogP contribution in [0, 0.1) is 5.41 Å². The Hall–Kier alpha value is -2.87. The van der Waals surface area contributed by atoms with Gasteiger partial charge in [0, 0.05) is 6.21 Å². The lowest BCUT2D eigenvalue weighted by atomic mass is 10.00. The van der Waals surface area contributed by atoms with E-state index >= 15 is 0 Å². The van der Waals surface area contributed by atoms with Crippen molar-refractivity contribution in [3.8, 4) is 5.75 Å². The molecule has 0 aliphatic carbocycles. The van der Waals surface area contributed by atoms with Gasteiger partial charge in [0.15, 0.2) is 0 Å². The molecule has 0 atom stereocenters. The maximum absolute atomic E-state index is 7.50. The molecule has 3 aromatic carbocycles. The van der Waals surface area contributed by atoms with Crippen molar-refractivity contribution in [1.29, 1.82) is 5.41 Å². The largest absolute Gasteiger partial charge is 0.490 e. The second-order valence-electron chi connectivity index (χ2n) is 4.96. The zero-order valence-electron chi connectivity index (χ0n) is 12.2. The summed E-state index contributed by atoms with van der Waals surface area (Å²) in [7, 11) is 0. The van der Waals surface area contributed by atoms with E-state index in [4.69, 9.17) is 10.1 Å². The average Bonchev–Trinajstić information content (AvgIpc) is 2.59. The lowest BCUT2D eigenvalue weighted by Gasteiger charge is -2.06. The van der Waals surface area contributed by atoms with Crippen molar-refractivity contribution in [3.63, 3.8) is 0 Å². The van der Waals surface area contributed by atoms with Crippen LogP contribution in [-0.4, -0.2) is 12.8 Å². The van der Waals surface area contributed by atoms with Gasteiger partial charge in [0.05, 0.1) is 0 Å². The van der Waals surface area contributed by atoms with Crippen molar-refractivity contribution in [3.05, 3.63) is 83.9 Å². The Labute approximate surface area is 130 Å². The molecule has 22 heavy (non-hydrogen) atoms. The van der Waals surface area contributed by atoms with Crippen LogP contribution in [0.2, 0.25) is 0 Å². The number of nitrogens with one attached hydrogen (secondary N) is 1. The van der Waals surface area contributed by atoms with Crippen LogP contribution in [0.3, 0.4) is 0 Å². The molecular formula is C20H17NO. The molecule has 0 radical (unpaired) electrons. The molecule has 0 aliphatic heterocycles. The molecule has 108 valence electrons. The van der Waals surface area contributed by atoms with Gasteiger partial charge in [-0.3, -0.25) is 0 Å². The van der Waals surface area contributed by atoms with Gasteiger partial charge in [0.1, 0.15) is 12.4 Å².